The van der Waals surface area contributed by atoms with Gasteiger partial charge in [-0.2, -0.15) is 13.2 Å². The number of nitrogens with one attached hydrogen (secondary N) is 2. The van der Waals surface area contributed by atoms with E-state index in [0.717, 1.165) is 18.2 Å². The van der Waals surface area contributed by atoms with E-state index in [1.54, 1.807) is 23.0 Å². The van der Waals surface area contributed by atoms with Gasteiger partial charge in [0.05, 0.1) is 34.0 Å². The third-order valence-corrected chi connectivity index (χ3v) is 5.80. The van der Waals surface area contributed by atoms with Crippen molar-refractivity contribution in [3.63, 3.8) is 0 Å². The summed E-state index contributed by atoms with van der Waals surface area (Å²) in [6.07, 6.45) is 1.54. The Hall–Kier alpha value is -4.84. The number of fused-ring (bicyclic) bond motifs is 1. The fraction of sp³-hybridized carbons (Fsp3) is 0.0385. The van der Waals surface area contributed by atoms with Gasteiger partial charge in [-0.25, -0.2) is 19.2 Å². The van der Waals surface area contributed by atoms with Crippen LogP contribution in [0.5, 0.6) is 0 Å². The molecule has 5 rings (SSSR count). The van der Waals surface area contributed by atoms with Crippen LogP contribution in [-0.4, -0.2) is 31.3 Å². The topological polar surface area (TPSA) is 102 Å². The normalized spacial score (nSPS) is 11.4. The lowest BCUT2D eigenvalue weighted by Gasteiger charge is -2.15. The molecule has 2 amide bonds. The Morgan fingerprint density at radius 3 is 2.51 bits per heavy atom. The molecule has 0 saturated carbocycles. The Balaban J connectivity index is 1.39. The molecule has 0 spiro atoms. The molecule has 0 radical (unpaired) electrons. The minimum absolute atomic E-state index is 0.0252. The second-order valence-corrected chi connectivity index (χ2v) is 8.63. The van der Waals surface area contributed by atoms with E-state index in [1.807, 2.05) is 0 Å². The van der Waals surface area contributed by atoms with Gasteiger partial charge in [-0.15, -0.1) is 0 Å². The van der Waals surface area contributed by atoms with Crippen molar-refractivity contribution < 1.29 is 27.2 Å². The highest BCUT2D eigenvalue weighted by Crippen LogP contribution is 2.36. The lowest BCUT2D eigenvalue weighted by Crippen LogP contribution is -2.22. The van der Waals surface area contributed by atoms with Gasteiger partial charge in [-0.1, -0.05) is 11.6 Å². The Morgan fingerprint density at radius 2 is 1.77 bits per heavy atom. The number of aromatic nitrogens is 4. The third-order valence-electron chi connectivity index (χ3n) is 5.56. The number of ketones is 1. The van der Waals surface area contributed by atoms with Crippen molar-refractivity contribution in [2.75, 3.05) is 10.6 Å². The molecule has 2 heterocycles. The fourth-order valence-corrected chi connectivity index (χ4v) is 3.91. The summed E-state index contributed by atoms with van der Waals surface area (Å²) in [5.74, 6) is -1.10. The van der Waals surface area contributed by atoms with E-state index in [-0.39, 0.29) is 21.8 Å². The molecule has 0 aliphatic rings. The monoisotopic (exact) mass is 554 g/mol. The molecule has 5 aromatic rings. The Bertz CT molecular complexity index is 1720. The lowest BCUT2D eigenvalue weighted by atomic mass is 10.0. The number of imidazole rings is 1. The molecular formula is C26H15ClF4N6O2. The number of alkyl halides is 3. The van der Waals surface area contributed by atoms with Crippen LogP contribution in [0.15, 0.2) is 79.5 Å². The number of urea groups is 1. The van der Waals surface area contributed by atoms with Crippen molar-refractivity contribution in [1.29, 1.82) is 0 Å². The summed E-state index contributed by atoms with van der Waals surface area (Å²) in [4.78, 5) is 38.3. The van der Waals surface area contributed by atoms with Gasteiger partial charge in [0.1, 0.15) is 12.1 Å². The standard InChI is InChI=1S/C26H15ClF4N6O2/c27-15-2-6-20(18(10-15)26(29,30)31)36-25(39)34-16-3-4-19(28)17(11-16)24(38)14-1-5-21-22(9-14)35-23(12-33-21)37-8-7-32-13-37/h1-13H,(H2,34,36,39). The molecule has 0 fully saturated rings. The van der Waals surface area contributed by atoms with Gasteiger partial charge >= 0.3 is 12.2 Å². The number of anilines is 2. The van der Waals surface area contributed by atoms with Crippen molar-refractivity contribution in [3.8, 4) is 5.82 Å². The molecule has 0 saturated heterocycles. The van der Waals surface area contributed by atoms with Crippen LogP contribution in [0.4, 0.5) is 33.7 Å². The highest BCUT2D eigenvalue weighted by molar-refractivity contribution is 6.30. The van der Waals surface area contributed by atoms with E-state index in [9.17, 15) is 27.2 Å². The highest BCUT2D eigenvalue weighted by atomic mass is 35.5. The average molecular weight is 555 g/mol. The largest absolute Gasteiger partial charge is 0.418 e. The van der Waals surface area contributed by atoms with Gasteiger partial charge in [0.2, 0.25) is 0 Å². The van der Waals surface area contributed by atoms with Gasteiger partial charge in [0, 0.05) is 28.7 Å². The molecule has 2 N–H and O–H groups in total. The van der Waals surface area contributed by atoms with Crippen molar-refractivity contribution in [3.05, 3.63) is 107 Å². The zero-order chi connectivity index (χ0) is 27.7. The van der Waals surface area contributed by atoms with Gasteiger partial charge in [-0.05, 0) is 54.6 Å². The van der Waals surface area contributed by atoms with Gasteiger partial charge < -0.3 is 10.6 Å². The summed E-state index contributed by atoms with van der Waals surface area (Å²) in [7, 11) is 0. The molecule has 0 bridgehead atoms. The predicted octanol–water partition coefficient (Wildman–Crippen LogP) is 6.50. The number of benzene rings is 3. The number of hydrogen-bond donors (Lipinski definition) is 2. The van der Waals surface area contributed by atoms with Crippen LogP contribution >= 0.6 is 11.6 Å². The second kappa shape index (κ2) is 10.1. The predicted molar refractivity (Wildman–Crippen MR) is 136 cm³/mol. The molecule has 2 aromatic heterocycles. The Labute approximate surface area is 222 Å². The van der Waals surface area contributed by atoms with Crippen molar-refractivity contribution >= 4 is 45.8 Å². The minimum atomic E-state index is -4.77. The molecule has 3 aromatic carbocycles. The molecule has 0 aliphatic carbocycles. The average Bonchev–Trinajstić information content (AvgIpc) is 3.44. The number of hydrogen-bond acceptors (Lipinski definition) is 5. The zero-order valence-electron chi connectivity index (χ0n) is 19.5. The summed E-state index contributed by atoms with van der Waals surface area (Å²) in [5.41, 5.74) is -1.08. The number of carbonyl (C=O) groups is 2. The number of nitrogens with zero attached hydrogens (tertiary/aromatic N) is 4. The first-order chi connectivity index (χ1) is 18.6. The summed E-state index contributed by atoms with van der Waals surface area (Å²) >= 11 is 5.66. The maximum Gasteiger partial charge on any atom is 0.418 e. The number of halogens is 5. The lowest BCUT2D eigenvalue weighted by molar-refractivity contribution is -0.136. The molecule has 0 atom stereocenters. The molecule has 0 unspecified atom stereocenters. The maximum atomic E-state index is 14.7. The van der Waals surface area contributed by atoms with Crippen LogP contribution in [-0.2, 0) is 6.18 Å². The van der Waals surface area contributed by atoms with Crippen molar-refractivity contribution in [2.45, 2.75) is 6.18 Å². The Kier molecular flexibility index (Phi) is 6.71. The van der Waals surface area contributed by atoms with Crippen molar-refractivity contribution in [1.82, 2.24) is 19.5 Å². The van der Waals surface area contributed by atoms with E-state index >= 15 is 0 Å². The van der Waals surface area contributed by atoms with Gasteiger partial charge in [0.15, 0.2) is 11.6 Å². The number of carbonyl (C=O) groups excluding carboxylic acids is 2. The molecule has 8 nitrogen and oxygen atoms in total. The SMILES string of the molecule is O=C(Nc1ccc(F)c(C(=O)c2ccc3ncc(-n4ccnc4)nc3c2)c1)Nc1ccc(Cl)cc1C(F)(F)F. The van der Waals surface area contributed by atoms with E-state index in [0.29, 0.717) is 22.9 Å². The zero-order valence-corrected chi connectivity index (χ0v) is 20.3. The third kappa shape index (κ3) is 5.55. The van der Waals surface area contributed by atoms with Crippen LogP contribution < -0.4 is 10.6 Å². The smallest absolute Gasteiger partial charge is 0.308 e. The number of rotatable bonds is 5. The van der Waals surface area contributed by atoms with Crippen LogP contribution in [0.2, 0.25) is 5.02 Å². The molecule has 0 aliphatic heterocycles. The molecule has 13 heteroatoms. The second-order valence-electron chi connectivity index (χ2n) is 8.19. The van der Waals surface area contributed by atoms with Crippen LogP contribution in [0.3, 0.4) is 0 Å². The number of amides is 2. The van der Waals surface area contributed by atoms with Crippen molar-refractivity contribution in [2.24, 2.45) is 0 Å². The quantitative estimate of drug-likeness (QED) is 0.191. The molecule has 39 heavy (non-hydrogen) atoms. The van der Waals surface area contributed by atoms with Crippen LogP contribution in [0.1, 0.15) is 21.5 Å². The summed E-state index contributed by atoms with van der Waals surface area (Å²) < 4.78 is 56.2. The summed E-state index contributed by atoms with van der Waals surface area (Å²) in [6.45, 7) is 0. The van der Waals surface area contributed by atoms with Gasteiger partial charge in [-0.3, -0.25) is 14.3 Å². The maximum absolute atomic E-state index is 14.7. The van der Waals surface area contributed by atoms with E-state index < -0.39 is 35.1 Å². The fourth-order valence-electron chi connectivity index (χ4n) is 3.74. The van der Waals surface area contributed by atoms with Gasteiger partial charge in [0.25, 0.3) is 0 Å². The summed E-state index contributed by atoms with van der Waals surface area (Å²) in [5, 5.41) is 4.25. The summed E-state index contributed by atoms with van der Waals surface area (Å²) in [6, 6.07) is 9.52. The molecule has 196 valence electrons. The van der Waals surface area contributed by atoms with E-state index in [2.05, 4.69) is 25.6 Å². The minimum Gasteiger partial charge on any atom is -0.308 e. The molecular weight excluding hydrogens is 540 g/mol. The first-order valence-electron chi connectivity index (χ1n) is 11.1. The Morgan fingerprint density at radius 1 is 0.949 bits per heavy atom. The highest BCUT2D eigenvalue weighted by Gasteiger charge is 2.34. The first kappa shape index (κ1) is 25.8. The van der Waals surface area contributed by atoms with Crippen LogP contribution in [0.25, 0.3) is 16.9 Å². The van der Waals surface area contributed by atoms with Crippen LogP contribution in [0, 0.1) is 5.82 Å². The first-order valence-corrected chi connectivity index (χ1v) is 11.5. The van der Waals surface area contributed by atoms with E-state index in [1.165, 1.54) is 36.8 Å². The van der Waals surface area contributed by atoms with E-state index in [4.69, 9.17) is 11.6 Å².